The first kappa shape index (κ1) is 20.5. The van der Waals surface area contributed by atoms with Gasteiger partial charge < -0.3 is 15.1 Å². The number of hydrogen-bond donors (Lipinski definition) is 1. The van der Waals surface area contributed by atoms with E-state index in [4.69, 9.17) is 4.74 Å². The average Bonchev–Trinajstić information content (AvgIpc) is 3.07. The van der Waals surface area contributed by atoms with Crippen LogP contribution in [0.1, 0.15) is 51.0 Å². The van der Waals surface area contributed by atoms with E-state index in [2.05, 4.69) is 29.5 Å². The van der Waals surface area contributed by atoms with Crippen molar-refractivity contribution in [2.24, 2.45) is 0 Å². The molecule has 1 aromatic carbocycles. The van der Waals surface area contributed by atoms with Crippen LogP contribution in [0.15, 0.2) is 29.4 Å². The quantitative estimate of drug-likeness (QED) is 0.728. The van der Waals surface area contributed by atoms with Crippen LogP contribution in [-0.2, 0) is 4.79 Å². The fraction of sp³-hybridized carbons (Fsp3) is 0.550. The second kappa shape index (κ2) is 9.32. The molecule has 28 heavy (non-hydrogen) atoms. The molecule has 0 saturated heterocycles. The van der Waals surface area contributed by atoms with Crippen LogP contribution in [0.2, 0.25) is 0 Å². The highest BCUT2D eigenvalue weighted by molar-refractivity contribution is 8.00. The number of carbonyl (C=O) groups excluding carboxylic acids is 1. The zero-order chi connectivity index (χ0) is 20.1. The van der Waals surface area contributed by atoms with E-state index in [9.17, 15) is 4.79 Å². The minimum Gasteiger partial charge on any atom is -0.494 e. The van der Waals surface area contributed by atoms with Gasteiger partial charge in [-0.1, -0.05) is 37.7 Å². The molecule has 0 fully saturated rings. The second-order valence-electron chi connectivity index (χ2n) is 6.84. The lowest BCUT2D eigenvalue weighted by atomic mass is 10.0. The molecule has 1 aromatic heterocycles. The number of thioether (sulfide) groups is 1. The first-order chi connectivity index (χ1) is 13.6. The van der Waals surface area contributed by atoms with Crippen LogP contribution in [-0.4, -0.2) is 50.6 Å². The molecule has 1 aliphatic rings. The first-order valence-electron chi connectivity index (χ1n) is 9.95. The third kappa shape index (κ3) is 4.27. The Morgan fingerprint density at radius 2 is 1.86 bits per heavy atom. The molecule has 8 heteroatoms. The van der Waals surface area contributed by atoms with E-state index < -0.39 is 0 Å². The van der Waals surface area contributed by atoms with Crippen LogP contribution in [0.4, 0.5) is 0 Å². The monoisotopic (exact) mass is 403 g/mol. The number of hydrogen-bond acceptors (Lipinski definition) is 6. The molecular formula is C20H29N5O2S. The molecule has 7 nitrogen and oxygen atoms in total. The standard InChI is InChI=1S/C20H29N5O2S/c1-5-12-24(13-6-2)19(26)18-17(15-8-10-16(11-9-15)27-7-3)23-25-14(4)21-22-20(25)28-18/h8-11,17-18,23H,5-7,12-13H2,1-4H3. The summed E-state index contributed by atoms with van der Waals surface area (Å²) < 4.78 is 7.44. The van der Waals surface area contributed by atoms with Crippen LogP contribution >= 0.6 is 11.8 Å². The number of nitrogens with zero attached hydrogens (tertiary/aromatic N) is 4. The Hall–Kier alpha value is -2.22. The van der Waals surface area contributed by atoms with Crippen molar-refractivity contribution in [2.45, 2.75) is 57.0 Å². The van der Waals surface area contributed by atoms with Gasteiger partial charge in [-0.3, -0.25) is 4.79 Å². The van der Waals surface area contributed by atoms with Crippen LogP contribution < -0.4 is 10.2 Å². The summed E-state index contributed by atoms with van der Waals surface area (Å²) in [6.45, 7) is 10.2. The van der Waals surface area contributed by atoms with Crippen molar-refractivity contribution < 1.29 is 9.53 Å². The number of benzene rings is 1. The van der Waals surface area contributed by atoms with E-state index in [0.717, 1.165) is 48.2 Å². The lowest BCUT2D eigenvalue weighted by molar-refractivity contribution is -0.131. The average molecular weight is 404 g/mol. The summed E-state index contributed by atoms with van der Waals surface area (Å²) in [6.07, 6.45) is 1.89. The van der Waals surface area contributed by atoms with E-state index >= 15 is 0 Å². The highest BCUT2D eigenvalue weighted by atomic mass is 32.2. The molecule has 1 amide bonds. The molecule has 2 atom stereocenters. The van der Waals surface area contributed by atoms with Gasteiger partial charge in [0.25, 0.3) is 0 Å². The maximum atomic E-state index is 13.4. The zero-order valence-electron chi connectivity index (χ0n) is 17.0. The van der Waals surface area contributed by atoms with Crippen molar-refractivity contribution in [3.63, 3.8) is 0 Å². The van der Waals surface area contributed by atoms with Crippen LogP contribution in [0.5, 0.6) is 5.75 Å². The van der Waals surface area contributed by atoms with Crippen LogP contribution in [0.3, 0.4) is 0 Å². The van der Waals surface area contributed by atoms with Crippen molar-refractivity contribution in [2.75, 3.05) is 25.1 Å². The third-order valence-corrected chi connectivity index (χ3v) is 5.89. The van der Waals surface area contributed by atoms with Gasteiger partial charge in [0.05, 0.1) is 12.6 Å². The fourth-order valence-electron chi connectivity index (χ4n) is 3.39. The SMILES string of the molecule is CCCN(CCC)C(=O)C1Sc2nnc(C)n2NC1c1ccc(OCC)cc1. The Morgan fingerprint density at radius 1 is 1.18 bits per heavy atom. The van der Waals surface area contributed by atoms with Crippen molar-refractivity contribution in [3.05, 3.63) is 35.7 Å². The molecule has 2 unspecified atom stereocenters. The topological polar surface area (TPSA) is 72.3 Å². The van der Waals surface area contributed by atoms with E-state index in [0.29, 0.717) is 6.61 Å². The minimum absolute atomic E-state index is 0.145. The molecule has 1 aliphatic heterocycles. The second-order valence-corrected chi connectivity index (χ2v) is 7.95. The number of nitrogens with one attached hydrogen (secondary N) is 1. The van der Waals surface area contributed by atoms with E-state index in [1.165, 1.54) is 11.8 Å². The third-order valence-electron chi connectivity index (χ3n) is 4.69. The summed E-state index contributed by atoms with van der Waals surface area (Å²) in [6, 6.07) is 7.79. The summed E-state index contributed by atoms with van der Waals surface area (Å²) in [7, 11) is 0. The molecular weight excluding hydrogens is 374 g/mol. The van der Waals surface area contributed by atoms with Gasteiger partial charge in [-0.2, -0.15) is 0 Å². The maximum absolute atomic E-state index is 13.4. The fourth-order valence-corrected chi connectivity index (χ4v) is 4.60. The van der Waals surface area contributed by atoms with E-state index in [1.54, 1.807) is 0 Å². The Balaban J connectivity index is 1.93. The highest BCUT2D eigenvalue weighted by Crippen LogP contribution is 2.38. The maximum Gasteiger partial charge on any atom is 0.238 e. The molecule has 0 spiro atoms. The van der Waals surface area contributed by atoms with Crippen molar-refractivity contribution in [1.29, 1.82) is 0 Å². The Labute approximate surface area is 170 Å². The largest absolute Gasteiger partial charge is 0.494 e. The predicted molar refractivity (Wildman–Crippen MR) is 111 cm³/mol. The number of aryl methyl sites for hydroxylation is 1. The van der Waals surface area contributed by atoms with E-state index in [-0.39, 0.29) is 17.2 Å². The molecule has 0 radical (unpaired) electrons. The molecule has 0 bridgehead atoms. The predicted octanol–water partition coefficient (Wildman–Crippen LogP) is 3.39. The van der Waals surface area contributed by atoms with Crippen LogP contribution in [0, 0.1) is 6.92 Å². The number of aromatic nitrogens is 3. The number of carbonyl (C=O) groups is 1. The Kier molecular flexibility index (Phi) is 6.83. The lowest BCUT2D eigenvalue weighted by Crippen LogP contribution is -2.46. The van der Waals surface area contributed by atoms with Gasteiger partial charge in [0.15, 0.2) is 0 Å². The van der Waals surface area contributed by atoms with Crippen molar-refractivity contribution in [3.8, 4) is 5.75 Å². The Morgan fingerprint density at radius 3 is 2.46 bits per heavy atom. The van der Waals surface area contributed by atoms with Gasteiger partial charge in [-0.25, -0.2) is 4.68 Å². The smallest absolute Gasteiger partial charge is 0.238 e. The lowest BCUT2D eigenvalue weighted by Gasteiger charge is -2.35. The summed E-state index contributed by atoms with van der Waals surface area (Å²) in [5.74, 6) is 1.76. The number of fused-ring (bicyclic) bond motifs is 1. The number of ether oxygens (including phenoxy) is 1. The summed E-state index contributed by atoms with van der Waals surface area (Å²) in [5.41, 5.74) is 4.51. The van der Waals surface area contributed by atoms with Crippen LogP contribution in [0.25, 0.3) is 0 Å². The summed E-state index contributed by atoms with van der Waals surface area (Å²) in [4.78, 5) is 15.4. The highest BCUT2D eigenvalue weighted by Gasteiger charge is 2.39. The van der Waals surface area contributed by atoms with Crippen molar-refractivity contribution in [1.82, 2.24) is 19.8 Å². The van der Waals surface area contributed by atoms with E-state index in [1.807, 2.05) is 47.7 Å². The molecule has 0 aliphatic carbocycles. The van der Waals surface area contributed by atoms with Gasteiger partial charge in [0.2, 0.25) is 11.1 Å². The molecule has 3 rings (SSSR count). The Bertz CT molecular complexity index is 786. The zero-order valence-corrected chi connectivity index (χ0v) is 17.8. The number of rotatable bonds is 8. The first-order valence-corrected chi connectivity index (χ1v) is 10.8. The van der Waals surface area contributed by atoms with Gasteiger partial charge in [0, 0.05) is 13.1 Å². The molecule has 2 aromatic rings. The minimum atomic E-state index is -0.299. The molecule has 1 N–H and O–H groups in total. The molecule has 2 heterocycles. The van der Waals surface area contributed by atoms with Crippen molar-refractivity contribution >= 4 is 17.7 Å². The van der Waals surface area contributed by atoms with Gasteiger partial charge in [-0.15, -0.1) is 10.2 Å². The summed E-state index contributed by atoms with van der Waals surface area (Å²) in [5, 5.41) is 8.82. The molecule has 152 valence electrons. The van der Waals surface area contributed by atoms with Gasteiger partial charge in [0.1, 0.15) is 16.8 Å². The van der Waals surface area contributed by atoms with Gasteiger partial charge >= 0.3 is 0 Å². The normalized spacial score (nSPS) is 18.3. The summed E-state index contributed by atoms with van der Waals surface area (Å²) >= 11 is 1.49. The molecule has 0 saturated carbocycles. The van der Waals surface area contributed by atoms with Gasteiger partial charge in [-0.05, 0) is 44.4 Å². The number of amides is 1.